The molecule has 0 heterocycles. The first-order valence-electron chi connectivity index (χ1n) is 47.6. The summed E-state index contributed by atoms with van der Waals surface area (Å²) < 4.78 is 87.4. The van der Waals surface area contributed by atoms with E-state index in [9.17, 15) is 38.1 Å². The van der Waals surface area contributed by atoms with E-state index in [0.29, 0.717) is 88.4 Å². The van der Waals surface area contributed by atoms with Crippen molar-refractivity contribution in [1.82, 2.24) is 29.4 Å². The molecule has 0 bridgehead atoms. The Morgan fingerprint density at radius 1 is 0.322 bits per heavy atom. The molecule has 0 fully saturated rings. The van der Waals surface area contributed by atoms with Gasteiger partial charge in [-0.15, -0.1) is 24.8 Å². The molecule has 0 aromatic heterocycles. The molecule has 12 rings (SSSR count). The van der Waals surface area contributed by atoms with Gasteiger partial charge in [0.15, 0.2) is 23.0 Å². The number of nitro benzene ring substituents is 1. The molecule has 0 unspecified atom stereocenters. The van der Waals surface area contributed by atoms with Crippen LogP contribution in [-0.2, 0) is 58.2 Å². The molecule has 0 aliphatic heterocycles. The van der Waals surface area contributed by atoms with Crippen LogP contribution in [0.2, 0.25) is 14.8 Å². The number of nitrogens with one attached hydrogen (secondary N) is 4. The number of para-hydroxylation sites is 6. The van der Waals surface area contributed by atoms with Crippen LogP contribution in [0.15, 0.2) is 264 Å². The third kappa shape index (κ3) is 47.6. The molecule has 0 atom stereocenters. The second kappa shape index (κ2) is 59.9. The normalized spacial score (nSPS) is 11.2. The number of nitrogens with zero attached hydrogens (tertiary/aromatic N) is 7. The summed E-state index contributed by atoms with van der Waals surface area (Å²) in [5.41, 5.74) is 12.9. The van der Waals surface area contributed by atoms with E-state index in [1.165, 1.54) is 36.4 Å². The van der Waals surface area contributed by atoms with Gasteiger partial charge in [0, 0.05) is 81.6 Å². The summed E-state index contributed by atoms with van der Waals surface area (Å²) >= 11 is 4.44. The first-order chi connectivity index (χ1) is 68.8. The van der Waals surface area contributed by atoms with Crippen LogP contribution >= 0.6 is 56.7 Å². The summed E-state index contributed by atoms with van der Waals surface area (Å²) in [6.07, 6.45) is -2.37. The van der Waals surface area contributed by atoms with E-state index in [0.717, 1.165) is 88.4 Å². The maximum absolute atomic E-state index is 13.7. The van der Waals surface area contributed by atoms with E-state index in [1.807, 2.05) is 342 Å². The molecule has 149 heavy (non-hydrogen) atoms. The van der Waals surface area contributed by atoms with Crippen LogP contribution in [0.4, 0.5) is 62.1 Å². The number of carbonyl (C=O) groups excluding carboxylic acids is 4. The number of hydrogen-bond acceptors (Lipinski definition) is 23. The minimum atomic E-state index is -2.37. The van der Waals surface area contributed by atoms with Gasteiger partial charge in [-0.2, -0.15) is 0 Å². The fraction of sp³-hybridized carbons (Fsp3) is 0.333. The number of hydrogen-bond donors (Lipinski definition) is 5. The van der Waals surface area contributed by atoms with E-state index in [4.69, 9.17) is 53.1 Å². The van der Waals surface area contributed by atoms with Crippen molar-refractivity contribution in [3.63, 3.8) is 0 Å². The van der Waals surface area contributed by atoms with Gasteiger partial charge in [-0.05, 0) is 269 Å². The fourth-order valence-corrected chi connectivity index (χ4v) is 17.6. The molecule has 12 aromatic carbocycles. The summed E-state index contributed by atoms with van der Waals surface area (Å²) in [4.78, 5) is 78.6. The summed E-state index contributed by atoms with van der Waals surface area (Å²) in [6, 6.07) is 76.6. The van der Waals surface area contributed by atoms with Crippen LogP contribution in [0.1, 0.15) is 122 Å². The molecule has 0 saturated heterocycles. The number of halogens is 6. The summed E-state index contributed by atoms with van der Waals surface area (Å²) in [5, 5.41) is 22.2. The topological polar surface area (TPSA) is 297 Å². The number of benzene rings is 12. The summed E-state index contributed by atoms with van der Waals surface area (Å²) in [6.45, 7) is 27.9. The monoisotopic (exact) mass is 2320 g/mol. The quantitative estimate of drug-likeness (QED) is 0.00918. The molecule has 4 amide bonds. The Balaban J connectivity index is 0.000000314. The zero-order valence-corrected chi connectivity index (χ0v) is 98.2. The third-order valence-corrected chi connectivity index (χ3v) is 26.4. The van der Waals surface area contributed by atoms with Gasteiger partial charge in [0.25, 0.3) is 0 Å². The number of rotatable bonds is 30. The van der Waals surface area contributed by atoms with E-state index in [2.05, 4.69) is 88.7 Å². The molecule has 0 aliphatic rings. The largest absolute Gasteiger partial charge is 0.455 e. The van der Waals surface area contributed by atoms with Crippen LogP contribution in [-0.4, -0.2) is 184 Å². The first kappa shape index (κ1) is 127. The fourth-order valence-electron chi connectivity index (χ4n) is 13.5. The zero-order chi connectivity index (χ0) is 109. The number of nitrogen functional groups attached to an aromatic ring is 1. The van der Waals surface area contributed by atoms with Gasteiger partial charge < -0.3 is 72.9 Å². The summed E-state index contributed by atoms with van der Waals surface area (Å²) in [7, 11) is 23.9. The molecule has 0 saturated carbocycles. The molecular formula is C114H146Br2Cl2F2N12O16Sn. The van der Waals surface area contributed by atoms with Gasteiger partial charge in [0.05, 0.1) is 28.4 Å². The van der Waals surface area contributed by atoms with Crippen molar-refractivity contribution >= 4 is 137 Å². The SMILES string of the molecule is CN(C)Cc1ccccc1Oc1cc[c]([Sn]([CH3])([CH3])[CH3])cc1[N+](=O)[O-].CN(C)Cc1ccccc1Oc1ccc(Br)cc1N.CN(C)Cc1ccccc1Oc1ccc(Br)cc1NC(=O)OC(C)(C)C.CN(C)Cc1ccccc1Oc1ccc(F)cc1NC(=O)OC(C)(C)C.CN(C)Cc1ccccc1Oc1ccc([18F])cc1NC(=O)OC(C)(C)C.Cc1ccc(Oc2ccccc2CN(C)C)c(NC(=O)OC(C)(C)C)c1.Cl.Cl. The first-order valence-corrected chi connectivity index (χ1v) is 59.1. The average Bonchev–Trinajstić information content (AvgIpc) is 0.783. The molecule has 804 valence electrons. The van der Waals surface area contributed by atoms with Crippen molar-refractivity contribution in [2.24, 2.45) is 0 Å². The Morgan fingerprint density at radius 3 is 0.812 bits per heavy atom. The van der Waals surface area contributed by atoms with E-state index in [-0.39, 0.29) is 46.8 Å². The Kier molecular flexibility index (Phi) is 51.1. The minimum absolute atomic E-state index is 0. The van der Waals surface area contributed by atoms with Crippen molar-refractivity contribution in [1.29, 1.82) is 0 Å². The predicted molar refractivity (Wildman–Crippen MR) is 610 cm³/mol. The molecule has 0 spiro atoms. The van der Waals surface area contributed by atoms with Gasteiger partial charge in [-0.3, -0.25) is 21.3 Å². The maximum Gasteiger partial charge on any atom is 0.412 e. The molecule has 0 aliphatic carbocycles. The molecule has 12 aromatic rings. The van der Waals surface area contributed by atoms with Gasteiger partial charge in [0.1, 0.15) is 68.5 Å². The van der Waals surface area contributed by atoms with E-state index in [1.54, 1.807) is 59.7 Å². The third-order valence-electron chi connectivity index (χ3n) is 19.6. The Labute approximate surface area is 911 Å². The molecule has 35 heteroatoms. The van der Waals surface area contributed by atoms with Crippen LogP contribution in [0, 0.1) is 28.7 Å². The van der Waals surface area contributed by atoms with Crippen LogP contribution in [0.5, 0.6) is 69.0 Å². The van der Waals surface area contributed by atoms with Crippen LogP contribution in [0.25, 0.3) is 0 Å². The van der Waals surface area contributed by atoms with Crippen molar-refractivity contribution in [3.8, 4) is 69.0 Å². The Hall–Kier alpha value is -12.3. The van der Waals surface area contributed by atoms with Crippen LogP contribution in [0.3, 0.4) is 0 Å². The number of nitro groups is 1. The summed E-state index contributed by atoms with van der Waals surface area (Å²) in [5.74, 6) is 6.08. The number of ether oxygens (including phenoxy) is 10. The molecular weight excluding hydrogens is 2180 g/mol. The zero-order valence-electron chi connectivity index (χ0n) is 90.6. The molecule has 6 N–H and O–H groups in total. The van der Waals surface area contributed by atoms with E-state index >= 15 is 0 Å². The number of carbonyl (C=O) groups is 4. The minimum Gasteiger partial charge on any atom is -0.455 e. The number of nitrogens with two attached hydrogens (primary N) is 1. The van der Waals surface area contributed by atoms with Crippen molar-refractivity contribution in [3.05, 3.63) is 324 Å². The number of anilines is 5. The Bertz CT molecular complexity index is 5830. The van der Waals surface area contributed by atoms with Gasteiger partial charge >= 0.3 is 172 Å². The number of aryl methyl sites for hydroxylation is 1. The number of amides is 4. The van der Waals surface area contributed by atoms with Gasteiger partial charge in [-0.25, -0.2) is 28.0 Å². The van der Waals surface area contributed by atoms with Crippen molar-refractivity contribution in [2.45, 2.75) is 167 Å². The van der Waals surface area contributed by atoms with Crippen molar-refractivity contribution < 1.29 is 80.3 Å². The second-order valence-electron chi connectivity index (χ2n) is 41.0. The molecule has 0 radical (unpaired) electrons. The smallest absolute Gasteiger partial charge is 0.412 e. The Morgan fingerprint density at radius 2 is 0.550 bits per heavy atom. The maximum atomic E-state index is 13.7. The molecule has 28 nitrogen and oxygen atoms in total. The van der Waals surface area contributed by atoms with Gasteiger partial charge in [-0.1, -0.05) is 129 Å². The standard InChI is InChI=1S/C21H28N2O3.C20H25BrN2O3.2C20H25FN2O3.C15H17BrN2O.C15H15N2O3.3CH3.2ClH.Sn/c1-15-11-12-19(17(13-15)22-20(24)26-21(2,3)4)25-18-10-8-7-9-16(18)14-23(5)6;3*1-20(2,3)26-19(24)22-16-12-15(21)10-11-18(16)25-17-9-7-6-8-14(17)13-23(4)5;1-18(2)10-11-5-3-4-6-14(11)19-15-8-7-12(16)9-13(15)17;1-16(2)11-12-7-3-5-9-14(12)20-15-10-6-4-8-13(15)17(18)19;;;;;;/h7-13H,14H2,1-6H3,(H,22,24);3*6-12H,13H2,1-5H3,(H,22,24);3-9H,10,17H2,1-2H3;3,5-10H,11H2,1-2H3;3*1H3;2*1H;/i;;21-1;;;;;;;;;. The second-order valence-corrected chi connectivity index (χ2v) is 57.3. The predicted octanol–water partition coefficient (Wildman–Crippen LogP) is 29.6. The van der Waals surface area contributed by atoms with Crippen LogP contribution < -0.4 is 59.0 Å². The van der Waals surface area contributed by atoms with Crippen molar-refractivity contribution in [2.75, 3.05) is 112 Å². The van der Waals surface area contributed by atoms with E-state index < -0.39 is 76.8 Å². The average molecular weight is 2330 g/mol. The van der Waals surface area contributed by atoms with Gasteiger partial charge in [0.2, 0.25) is 0 Å².